The number of fused-ring (bicyclic) bond motifs is 1. The third kappa shape index (κ3) is 1.56. The summed E-state index contributed by atoms with van der Waals surface area (Å²) in [5, 5.41) is 0.255. The van der Waals surface area contributed by atoms with Crippen molar-refractivity contribution >= 4 is 46.5 Å². The van der Waals surface area contributed by atoms with Crippen molar-refractivity contribution in [2.24, 2.45) is 0 Å². The van der Waals surface area contributed by atoms with Crippen molar-refractivity contribution in [1.29, 1.82) is 0 Å². The van der Waals surface area contributed by atoms with E-state index in [4.69, 9.17) is 29.6 Å². The van der Waals surface area contributed by atoms with Gasteiger partial charge >= 0.3 is 5.97 Å². The molecule has 16 heavy (non-hydrogen) atoms. The molecule has 0 aliphatic rings. The lowest BCUT2D eigenvalue weighted by Crippen LogP contribution is -2.06. The molecule has 0 fully saturated rings. The summed E-state index contributed by atoms with van der Waals surface area (Å²) in [5.74, 6) is -0.540. The lowest BCUT2D eigenvalue weighted by molar-refractivity contribution is 0.0602. The molecule has 0 spiro atoms. The van der Waals surface area contributed by atoms with Crippen LogP contribution in [0.25, 0.3) is 11.0 Å². The maximum Gasteiger partial charge on any atom is 0.340 e. The molecule has 0 radical (unpaired) electrons. The molecule has 2 aromatic rings. The van der Waals surface area contributed by atoms with Crippen molar-refractivity contribution < 1.29 is 9.53 Å². The zero-order valence-corrected chi connectivity index (χ0v) is 9.83. The summed E-state index contributed by atoms with van der Waals surface area (Å²) in [4.78, 5) is 17.1. The molecule has 0 aliphatic carbocycles. The van der Waals surface area contributed by atoms with Crippen molar-refractivity contribution in [3.05, 3.63) is 21.4 Å². The zero-order valence-electron chi connectivity index (χ0n) is 8.26. The summed E-state index contributed by atoms with van der Waals surface area (Å²) in [5.41, 5.74) is 7.32. The number of nitrogen functional groups attached to an aromatic ring is 1. The molecule has 84 valence electrons. The smallest absolute Gasteiger partial charge is 0.340 e. The molecular formula is C9H8ClN3O2S. The Balaban J connectivity index is 2.82. The molecule has 1 aromatic carbocycles. The minimum atomic E-state index is -0.540. The summed E-state index contributed by atoms with van der Waals surface area (Å²) >= 11 is 10.9. The molecule has 5 nitrogen and oxygen atoms in total. The van der Waals surface area contributed by atoms with Crippen LogP contribution >= 0.6 is 23.8 Å². The summed E-state index contributed by atoms with van der Waals surface area (Å²) in [7, 11) is 1.28. The maximum absolute atomic E-state index is 11.4. The van der Waals surface area contributed by atoms with Gasteiger partial charge in [0, 0.05) is 0 Å². The number of carbonyl (C=O) groups excluding carboxylic acids is 1. The Bertz CT molecular complexity index is 631. The maximum atomic E-state index is 11.4. The van der Waals surface area contributed by atoms with E-state index in [-0.39, 0.29) is 16.3 Å². The number of aromatic nitrogens is 2. The van der Waals surface area contributed by atoms with Crippen molar-refractivity contribution in [2.75, 3.05) is 12.8 Å². The van der Waals surface area contributed by atoms with Gasteiger partial charge in [-0.25, -0.2) is 4.79 Å². The van der Waals surface area contributed by atoms with Crippen molar-refractivity contribution in [3.8, 4) is 0 Å². The van der Waals surface area contributed by atoms with Gasteiger partial charge in [0.05, 0.1) is 34.4 Å². The number of methoxy groups -OCH3 is 1. The normalized spacial score (nSPS) is 10.6. The summed E-state index contributed by atoms with van der Waals surface area (Å²) in [6.45, 7) is 0. The Morgan fingerprint density at radius 3 is 2.88 bits per heavy atom. The van der Waals surface area contributed by atoms with Crippen LogP contribution in [-0.4, -0.2) is 23.0 Å². The van der Waals surface area contributed by atoms with Gasteiger partial charge < -0.3 is 20.4 Å². The second-order valence-corrected chi connectivity index (χ2v) is 3.93. The van der Waals surface area contributed by atoms with Gasteiger partial charge in [0.15, 0.2) is 4.77 Å². The highest BCUT2D eigenvalue weighted by atomic mass is 35.5. The first-order valence-electron chi connectivity index (χ1n) is 4.33. The second-order valence-electron chi connectivity index (χ2n) is 3.15. The Kier molecular flexibility index (Phi) is 2.61. The summed E-state index contributed by atoms with van der Waals surface area (Å²) < 4.78 is 5.02. The number of H-pyrrole nitrogens is 2. The van der Waals surface area contributed by atoms with E-state index in [9.17, 15) is 4.79 Å². The van der Waals surface area contributed by atoms with E-state index in [1.807, 2.05) is 0 Å². The fourth-order valence-corrected chi connectivity index (χ4v) is 1.89. The van der Waals surface area contributed by atoms with Crippen LogP contribution in [0.4, 0.5) is 5.69 Å². The first-order chi connectivity index (χ1) is 7.54. The fraction of sp³-hybridized carbons (Fsp3) is 0.111. The molecule has 1 heterocycles. The Morgan fingerprint density at radius 2 is 2.25 bits per heavy atom. The summed E-state index contributed by atoms with van der Waals surface area (Å²) in [6.07, 6.45) is 0. The van der Waals surface area contributed by atoms with E-state index < -0.39 is 5.97 Å². The molecule has 7 heteroatoms. The average Bonchev–Trinajstić information content (AvgIpc) is 2.63. The molecule has 2 rings (SSSR count). The summed E-state index contributed by atoms with van der Waals surface area (Å²) in [6, 6.07) is 1.55. The van der Waals surface area contributed by atoms with Gasteiger partial charge in [-0.1, -0.05) is 11.6 Å². The van der Waals surface area contributed by atoms with E-state index in [0.717, 1.165) is 0 Å². The van der Waals surface area contributed by atoms with Gasteiger partial charge in [-0.15, -0.1) is 0 Å². The number of imidazole rings is 1. The number of nitrogens with one attached hydrogen (secondary N) is 2. The highest BCUT2D eigenvalue weighted by Gasteiger charge is 2.16. The molecular weight excluding hydrogens is 250 g/mol. The van der Waals surface area contributed by atoms with Gasteiger partial charge in [-0.05, 0) is 18.3 Å². The zero-order chi connectivity index (χ0) is 11.9. The minimum Gasteiger partial charge on any atom is -0.465 e. The van der Waals surface area contributed by atoms with Crippen LogP contribution in [0.15, 0.2) is 6.07 Å². The SMILES string of the molecule is COC(=O)c1cc2[nH]c(=S)[nH]c2c(Cl)c1N. The number of halogens is 1. The predicted octanol–water partition coefficient (Wildman–Crippen LogP) is 2.25. The average molecular weight is 258 g/mol. The van der Waals surface area contributed by atoms with Crippen molar-refractivity contribution in [2.45, 2.75) is 0 Å². The van der Waals surface area contributed by atoms with Gasteiger partial charge in [0.2, 0.25) is 0 Å². The molecule has 1 aromatic heterocycles. The number of hydrogen-bond acceptors (Lipinski definition) is 4. The number of ether oxygens (including phenoxy) is 1. The van der Waals surface area contributed by atoms with E-state index in [1.165, 1.54) is 7.11 Å². The van der Waals surface area contributed by atoms with Crippen LogP contribution in [0, 0.1) is 4.77 Å². The van der Waals surface area contributed by atoms with E-state index in [2.05, 4.69) is 14.7 Å². The van der Waals surface area contributed by atoms with Crippen molar-refractivity contribution in [3.63, 3.8) is 0 Å². The quantitative estimate of drug-likeness (QED) is 0.416. The Hall–Kier alpha value is -1.53. The number of aromatic amines is 2. The van der Waals surface area contributed by atoms with Crippen molar-refractivity contribution in [1.82, 2.24) is 9.97 Å². The number of hydrogen-bond donors (Lipinski definition) is 3. The molecule has 0 bridgehead atoms. The van der Waals surface area contributed by atoms with E-state index in [1.54, 1.807) is 6.07 Å². The molecule has 0 aliphatic heterocycles. The number of esters is 1. The van der Waals surface area contributed by atoms with Crippen LogP contribution in [0.5, 0.6) is 0 Å². The van der Waals surface area contributed by atoms with Crippen LogP contribution < -0.4 is 5.73 Å². The standard InChI is InChI=1S/C9H8ClN3O2S/c1-15-8(14)3-2-4-7(5(10)6(3)11)13-9(16)12-4/h2H,11H2,1H3,(H2,12,13,16). The largest absolute Gasteiger partial charge is 0.465 e. The second kappa shape index (κ2) is 3.80. The fourth-order valence-electron chi connectivity index (χ4n) is 1.43. The number of anilines is 1. The van der Waals surface area contributed by atoms with E-state index in [0.29, 0.717) is 15.8 Å². The van der Waals surface area contributed by atoms with E-state index >= 15 is 0 Å². The number of nitrogens with two attached hydrogens (primary N) is 1. The Labute approximate surface area is 101 Å². The third-order valence-corrected chi connectivity index (χ3v) is 2.79. The predicted molar refractivity (Wildman–Crippen MR) is 64.2 cm³/mol. The molecule has 0 saturated heterocycles. The highest BCUT2D eigenvalue weighted by molar-refractivity contribution is 7.71. The minimum absolute atomic E-state index is 0.172. The Morgan fingerprint density at radius 1 is 1.56 bits per heavy atom. The van der Waals surface area contributed by atoms with Crippen LogP contribution in [0.2, 0.25) is 5.02 Å². The molecule has 0 atom stereocenters. The molecule has 0 unspecified atom stereocenters. The number of carbonyl (C=O) groups is 1. The van der Waals surface area contributed by atoms with Gasteiger partial charge in [0.1, 0.15) is 0 Å². The van der Waals surface area contributed by atoms with Gasteiger partial charge in [0.25, 0.3) is 0 Å². The third-order valence-electron chi connectivity index (χ3n) is 2.20. The van der Waals surface area contributed by atoms with Crippen LogP contribution in [0.3, 0.4) is 0 Å². The molecule has 0 saturated carbocycles. The number of rotatable bonds is 1. The lowest BCUT2D eigenvalue weighted by atomic mass is 10.1. The van der Waals surface area contributed by atoms with Crippen LogP contribution in [-0.2, 0) is 4.74 Å². The van der Waals surface area contributed by atoms with Gasteiger partial charge in [-0.2, -0.15) is 0 Å². The monoisotopic (exact) mass is 257 g/mol. The number of benzene rings is 1. The van der Waals surface area contributed by atoms with Crippen LogP contribution in [0.1, 0.15) is 10.4 Å². The van der Waals surface area contributed by atoms with Gasteiger partial charge in [-0.3, -0.25) is 0 Å². The lowest BCUT2D eigenvalue weighted by Gasteiger charge is -2.05. The first-order valence-corrected chi connectivity index (χ1v) is 5.11. The molecule has 4 N–H and O–H groups in total. The first kappa shape index (κ1) is 11.0. The highest BCUT2D eigenvalue weighted by Crippen LogP contribution is 2.31. The topological polar surface area (TPSA) is 83.9 Å². The molecule has 0 amide bonds.